The van der Waals surface area contributed by atoms with Gasteiger partial charge in [0.25, 0.3) is 5.91 Å². The summed E-state index contributed by atoms with van der Waals surface area (Å²) in [6.45, 7) is 0.324. The molecule has 1 aromatic heterocycles. The van der Waals surface area contributed by atoms with Gasteiger partial charge in [-0.2, -0.15) is 0 Å². The minimum atomic E-state index is -0.328. The lowest BCUT2D eigenvalue weighted by Gasteiger charge is -2.11. The second-order valence-corrected chi connectivity index (χ2v) is 6.20. The molecule has 0 spiro atoms. The van der Waals surface area contributed by atoms with E-state index in [-0.39, 0.29) is 11.6 Å². The number of hydrogen-bond acceptors (Lipinski definition) is 6. The number of methoxy groups -OCH3 is 2. The molecule has 0 saturated heterocycles. The number of rotatable bonds is 7. The van der Waals surface area contributed by atoms with Crippen LogP contribution < -0.4 is 20.1 Å². The average molecular weight is 399 g/mol. The van der Waals surface area contributed by atoms with Crippen molar-refractivity contribution in [2.45, 2.75) is 6.54 Å². The van der Waals surface area contributed by atoms with Gasteiger partial charge >= 0.3 is 0 Å². The van der Waals surface area contributed by atoms with Gasteiger partial charge in [0.05, 0.1) is 19.9 Å². The van der Waals surface area contributed by atoms with Crippen molar-refractivity contribution in [1.82, 2.24) is 15.5 Å². The van der Waals surface area contributed by atoms with Gasteiger partial charge in [0.2, 0.25) is 0 Å². The highest BCUT2D eigenvalue weighted by molar-refractivity contribution is 6.31. The summed E-state index contributed by atoms with van der Waals surface area (Å²) in [5, 5.41) is 14.5. The molecule has 2 N–H and O–H groups in total. The van der Waals surface area contributed by atoms with Crippen molar-refractivity contribution in [1.29, 1.82) is 0 Å². The molecule has 0 saturated carbocycles. The summed E-state index contributed by atoms with van der Waals surface area (Å²) in [4.78, 5) is 12.3. The van der Waals surface area contributed by atoms with Crippen LogP contribution in [0, 0.1) is 0 Å². The summed E-state index contributed by atoms with van der Waals surface area (Å²) >= 11 is 6.02. The van der Waals surface area contributed by atoms with Gasteiger partial charge in [-0.05, 0) is 36.4 Å². The van der Waals surface area contributed by atoms with Gasteiger partial charge in [-0.3, -0.25) is 4.79 Å². The summed E-state index contributed by atoms with van der Waals surface area (Å²) in [6.07, 6.45) is 0. The van der Waals surface area contributed by atoms with Gasteiger partial charge in [0.1, 0.15) is 11.5 Å². The first-order valence-corrected chi connectivity index (χ1v) is 8.83. The van der Waals surface area contributed by atoms with Crippen LogP contribution in [0.2, 0.25) is 5.02 Å². The maximum atomic E-state index is 12.3. The zero-order valence-electron chi connectivity index (χ0n) is 15.4. The number of nitrogens with zero attached hydrogens (tertiary/aromatic N) is 2. The topological polar surface area (TPSA) is 85.4 Å². The zero-order chi connectivity index (χ0) is 19.9. The Morgan fingerprint density at radius 2 is 1.79 bits per heavy atom. The van der Waals surface area contributed by atoms with Crippen LogP contribution in [0.5, 0.6) is 11.5 Å². The third-order valence-corrected chi connectivity index (χ3v) is 4.19. The van der Waals surface area contributed by atoms with Crippen LogP contribution in [0.4, 0.5) is 11.5 Å². The molecule has 2 aromatic carbocycles. The van der Waals surface area contributed by atoms with E-state index < -0.39 is 0 Å². The second kappa shape index (κ2) is 9.05. The normalized spacial score (nSPS) is 10.2. The standard InChI is InChI=1S/C20H19ClN4O3/c1-27-17-6-4-3-5-13(17)12-22-20(26)15-8-10-19(25-24-15)23-16-11-14(21)7-9-18(16)28-2/h3-11H,12H2,1-2H3,(H,22,26)(H,23,25). The fourth-order valence-electron chi connectivity index (χ4n) is 2.55. The highest BCUT2D eigenvalue weighted by Gasteiger charge is 2.11. The molecule has 0 aliphatic heterocycles. The first kappa shape index (κ1) is 19.4. The van der Waals surface area contributed by atoms with Crippen molar-refractivity contribution in [3.05, 3.63) is 70.9 Å². The molecule has 0 bridgehead atoms. The highest BCUT2D eigenvalue weighted by atomic mass is 35.5. The number of para-hydroxylation sites is 1. The maximum Gasteiger partial charge on any atom is 0.272 e. The Labute approximate surface area is 167 Å². The van der Waals surface area contributed by atoms with E-state index in [1.165, 1.54) is 0 Å². The number of carbonyl (C=O) groups is 1. The largest absolute Gasteiger partial charge is 0.496 e. The molecule has 0 radical (unpaired) electrons. The van der Waals surface area contributed by atoms with Gasteiger partial charge in [-0.25, -0.2) is 0 Å². The van der Waals surface area contributed by atoms with Crippen molar-refractivity contribution in [2.24, 2.45) is 0 Å². The number of hydrogen-bond donors (Lipinski definition) is 2. The van der Waals surface area contributed by atoms with Crippen LogP contribution in [0.25, 0.3) is 0 Å². The molecule has 0 unspecified atom stereocenters. The molecule has 28 heavy (non-hydrogen) atoms. The summed E-state index contributed by atoms with van der Waals surface area (Å²) in [6, 6.07) is 15.9. The Balaban J connectivity index is 1.65. The van der Waals surface area contributed by atoms with Crippen LogP contribution in [0.3, 0.4) is 0 Å². The molecular weight excluding hydrogens is 380 g/mol. The van der Waals surface area contributed by atoms with Crippen LogP contribution in [-0.2, 0) is 6.54 Å². The minimum absolute atomic E-state index is 0.207. The average Bonchev–Trinajstić information content (AvgIpc) is 2.73. The molecular formula is C20H19ClN4O3. The Morgan fingerprint density at radius 3 is 2.50 bits per heavy atom. The lowest BCUT2D eigenvalue weighted by atomic mass is 10.2. The van der Waals surface area contributed by atoms with Gasteiger partial charge in [-0.15, -0.1) is 10.2 Å². The predicted octanol–water partition coefficient (Wildman–Crippen LogP) is 3.82. The summed E-state index contributed by atoms with van der Waals surface area (Å²) in [5.74, 6) is 1.46. The van der Waals surface area contributed by atoms with Crippen molar-refractivity contribution in [3.63, 3.8) is 0 Å². The monoisotopic (exact) mass is 398 g/mol. The SMILES string of the molecule is COc1ccccc1CNC(=O)c1ccc(Nc2cc(Cl)ccc2OC)nn1. The van der Waals surface area contributed by atoms with Crippen LogP contribution in [0.15, 0.2) is 54.6 Å². The van der Waals surface area contributed by atoms with Crippen molar-refractivity contribution < 1.29 is 14.3 Å². The third kappa shape index (κ3) is 4.69. The predicted molar refractivity (Wildman–Crippen MR) is 107 cm³/mol. The Bertz CT molecular complexity index is 964. The van der Waals surface area contributed by atoms with Gasteiger partial charge in [0, 0.05) is 17.1 Å². The number of carbonyl (C=O) groups excluding carboxylic acids is 1. The van der Waals surface area contributed by atoms with E-state index in [9.17, 15) is 4.79 Å². The number of ether oxygens (including phenoxy) is 2. The first-order valence-electron chi connectivity index (χ1n) is 8.45. The highest BCUT2D eigenvalue weighted by Crippen LogP contribution is 2.29. The Morgan fingerprint density at radius 1 is 1.00 bits per heavy atom. The van der Waals surface area contributed by atoms with Crippen molar-refractivity contribution >= 4 is 29.0 Å². The quantitative estimate of drug-likeness (QED) is 0.629. The number of benzene rings is 2. The number of halogens is 1. The van der Waals surface area contributed by atoms with Crippen LogP contribution in [-0.4, -0.2) is 30.3 Å². The third-order valence-electron chi connectivity index (χ3n) is 3.95. The van der Waals surface area contributed by atoms with Crippen LogP contribution in [0.1, 0.15) is 16.1 Å². The Hall–Kier alpha value is -3.32. The van der Waals surface area contributed by atoms with E-state index in [0.717, 1.165) is 5.56 Å². The van der Waals surface area contributed by atoms with E-state index in [2.05, 4.69) is 20.8 Å². The van der Waals surface area contributed by atoms with E-state index in [1.54, 1.807) is 44.6 Å². The van der Waals surface area contributed by atoms with Gasteiger partial charge < -0.3 is 20.1 Å². The molecule has 0 aliphatic rings. The van der Waals surface area contributed by atoms with Crippen molar-refractivity contribution in [3.8, 4) is 11.5 Å². The number of aromatic nitrogens is 2. The Kier molecular flexibility index (Phi) is 6.29. The molecule has 0 atom stereocenters. The molecule has 3 aromatic rings. The molecule has 8 heteroatoms. The molecule has 7 nitrogen and oxygen atoms in total. The smallest absolute Gasteiger partial charge is 0.272 e. The molecule has 144 valence electrons. The summed E-state index contributed by atoms with van der Waals surface area (Å²) < 4.78 is 10.6. The fourth-order valence-corrected chi connectivity index (χ4v) is 2.72. The lowest BCUT2D eigenvalue weighted by Crippen LogP contribution is -2.24. The first-order chi connectivity index (χ1) is 13.6. The lowest BCUT2D eigenvalue weighted by molar-refractivity contribution is 0.0944. The second-order valence-electron chi connectivity index (χ2n) is 5.77. The van der Waals surface area contributed by atoms with E-state index in [1.807, 2.05) is 24.3 Å². The molecule has 1 amide bonds. The molecule has 0 fully saturated rings. The van der Waals surface area contributed by atoms with Crippen LogP contribution >= 0.6 is 11.6 Å². The van der Waals surface area contributed by atoms with E-state index in [4.69, 9.17) is 21.1 Å². The molecule has 1 heterocycles. The van der Waals surface area contributed by atoms with Gasteiger partial charge in [0.15, 0.2) is 11.5 Å². The summed E-state index contributed by atoms with van der Waals surface area (Å²) in [7, 11) is 3.15. The molecule has 3 rings (SSSR count). The fraction of sp³-hybridized carbons (Fsp3) is 0.150. The summed E-state index contributed by atoms with van der Waals surface area (Å²) in [5.41, 5.74) is 1.73. The van der Waals surface area contributed by atoms with E-state index in [0.29, 0.717) is 34.6 Å². The number of anilines is 2. The minimum Gasteiger partial charge on any atom is -0.496 e. The molecule has 0 aliphatic carbocycles. The number of nitrogens with one attached hydrogen (secondary N) is 2. The number of amides is 1. The zero-order valence-corrected chi connectivity index (χ0v) is 16.2. The van der Waals surface area contributed by atoms with E-state index >= 15 is 0 Å². The maximum absolute atomic E-state index is 12.3. The van der Waals surface area contributed by atoms with Crippen molar-refractivity contribution in [2.75, 3.05) is 19.5 Å². The van der Waals surface area contributed by atoms with Gasteiger partial charge in [-0.1, -0.05) is 29.8 Å².